The Bertz CT molecular complexity index is 157. The molecule has 1 fully saturated rings. The van der Waals surface area contributed by atoms with Crippen LogP contribution in [0.15, 0.2) is 0 Å². The average molecular weight is 213 g/mol. The van der Waals surface area contributed by atoms with E-state index in [-0.39, 0.29) is 0 Å². The summed E-state index contributed by atoms with van der Waals surface area (Å²) in [6.45, 7) is 15.1. The second-order valence-corrected chi connectivity index (χ2v) is 4.37. The molecule has 1 aliphatic rings. The van der Waals surface area contributed by atoms with Crippen molar-refractivity contribution in [2.24, 2.45) is 0 Å². The van der Waals surface area contributed by atoms with Crippen LogP contribution in [0, 0.1) is 0 Å². The second kappa shape index (κ2) is 7.20. The quantitative estimate of drug-likeness (QED) is 0.681. The molecular formula is C12H27N3. The van der Waals surface area contributed by atoms with Crippen LogP contribution in [0.5, 0.6) is 0 Å². The molecule has 0 aliphatic carbocycles. The van der Waals surface area contributed by atoms with E-state index in [1.807, 2.05) is 0 Å². The van der Waals surface area contributed by atoms with Crippen molar-refractivity contribution in [1.82, 2.24) is 15.1 Å². The Hall–Kier alpha value is -0.120. The maximum Gasteiger partial charge on any atom is 0.0207 e. The van der Waals surface area contributed by atoms with Crippen LogP contribution in [0.2, 0.25) is 0 Å². The van der Waals surface area contributed by atoms with Crippen LogP contribution in [0.3, 0.4) is 0 Å². The van der Waals surface area contributed by atoms with Crippen LogP contribution < -0.4 is 5.32 Å². The molecule has 90 valence electrons. The fraction of sp³-hybridized carbons (Fsp3) is 1.00. The normalized spacial score (nSPS) is 22.8. The molecule has 3 heteroatoms. The summed E-state index contributed by atoms with van der Waals surface area (Å²) < 4.78 is 0. The van der Waals surface area contributed by atoms with Crippen LogP contribution in [0.1, 0.15) is 27.2 Å². The Morgan fingerprint density at radius 1 is 1.27 bits per heavy atom. The lowest BCUT2D eigenvalue weighted by Crippen LogP contribution is -2.36. The van der Waals surface area contributed by atoms with E-state index in [0.717, 1.165) is 12.6 Å². The molecule has 0 spiro atoms. The van der Waals surface area contributed by atoms with Gasteiger partial charge in [-0.25, -0.2) is 0 Å². The molecule has 3 nitrogen and oxygen atoms in total. The number of likely N-dealkylation sites (N-methyl/N-ethyl adjacent to an activating group) is 2. The predicted octanol–water partition coefficient (Wildman–Crippen LogP) is 1.01. The van der Waals surface area contributed by atoms with E-state index in [9.17, 15) is 0 Å². The molecule has 0 radical (unpaired) electrons. The molecule has 1 unspecified atom stereocenters. The lowest BCUT2D eigenvalue weighted by atomic mass is 10.3. The molecular weight excluding hydrogens is 186 g/mol. The van der Waals surface area contributed by atoms with Crippen LogP contribution in [-0.4, -0.2) is 61.7 Å². The molecule has 1 N–H and O–H groups in total. The minimum Gasteiger partial charge on any atom is -0.313 e. The molecule has 0 bridgehead atoms. The molecule has 0 amide bonds. The molecule has 1 aliphatic heterocycles. The van der Waals surface area contributed by atoms with Crippen molar-refractivity contribution in [1.29, 1.82) is 0 Å². The first kappa shape index (κ1) is 12.9. The van der Waals surface area contributed by atoms with Gasteiger partial charge in [0.1, 0.15) is 0 Å². The van der Waals surface area contributed by atoms with E-state index >= 15 is 0 Å². The molecule has 0 aromatic rings. The van der Waals surface area contributed by atoms with Crippen molar-refractivity contribution in [3.63, 3.8) is 0 Å². The van der Waals surface area contributed by atoms with Crippen molar-refractivity contribution < 1.29 is 0 Å². The first-order valence-electron chi connectivity index (χ1n) is 6.48. The van der Waals surface area contributed by atoms with Crippen LogP contribution in [-0.2, 0) is 0 Å². The molecule has 1 atom stereocenters. The topological polar surface area (TPSA) is 18.5 Å². The van der Waals surface area contributed by atoms with Crippen LogP contribution in [0.25, 0.3) is 0 Å². The molecule has 1 saturated heterocycles. The standard InChI is InChI=1S/C12H27N3/c1-4-13-12-7-8-15(11-12)10-9-14(5-2)6-3/h12-13H,4-11H2,1-3H3. The summed E-state index contributed by atoms with van der Waals surface area (Å²) in [5, 5.41) is 3.53. The van der Waals surface area contributed by atoms with E-state index in [4.69, 9.17) is 0 Å². The van der Waals surface area contributed by atoms with Crippen molar-refractivity contribution in [3.05, 3.63) is 0 Å². The van der Waals surface area contributed by atoms with Crippen LogP contribution in [0.4, 0.5) is 0 Å². The van der Waals surface area contributed by atoms with Gasteiger partial charge in [0.15, 0.2) is 0 Å². The zero-order valence-electron chi connectivity index (χ0n) is 10.6. The summed E-state index contributed by atoms with van der Waals surface area (Å²) in [6, 6.07) is 0.742. The predicted molar refractivity (Wildman–Crippen MR) is 66.3 cm³/mol. The third-order valence-electron chi connectivity index (χ3n) is 3.39. The summed E-state index contributed by atoms with van der Waals surface area (Å²) in [4.78, 5) is 5.09. The van der Waals surface area contributed by atoms with E-state index in [1.54, 1.807) is 0 Å². The van der Waals surface area contributed by atoms with Gasteiger partial charge in [0.05, 0.1) is 0 Å². The number of likely N-dealkylation sites (tertiary alicyclic amines) is 1. The summed E-state index contributed by atoms with van der Waals surface area (Å²) >= 11 is 0. The Kier molecular flexibility index (Phi) is 6.22. The van der Waals surface area contributed by atoms with Crippen molar-refractivity contribution in [2.75, 3.05) is 45.8 Å². The SMILES string of the molecule is CCNC1CCN(CCN(CC)CC)C1. The molecule has 0 aromatic heterocycles. The molecule has 1 rings (SSSR count). The van der Waals surface area contributed by atoms with Gasteiger partial charge in [0.25, 0.3) is 0 Å². The number of rotatable bonds is 7. The highest BCUT2D eigenvalue weighted by Crippen LogP contribution is 2.08. The number of nitrogens with zero attached hydrogens (tertiary/aromatic N) is 2. The van der Waals surface area contributed by atoms with Gasteiger partial charge in [-0.3, -0.25) is 0 Å². The summed E-state index contributed by atoms with van der Waals surface area (Å²) in [7, 11) is 0. The molecule has 0 saturated carbocycles. The molecule has 1 heterocycles. The largest absolute Gasteiger partial charge is 0.313 e. The fourth-order valence-electron chi connectivity index (χ4n) is 2.31. The third-order valence-corrected chi connectivity index (χ3v) is 3.39. The average Bonchev–Trinajstić information content (AvgIpc) is 2.68. The zero-order chi connectivity index (χ0) is 11.1. The highest BCUT2D eigenvalue weighted by Gasteiger charge is 2.21. The van der Waals surface area contributed by atoms with Gasteiger partial charge < -0.3 is 15.1 Å². The van der Waals surface area contributed by atoms with E-state index in [1.165, 1.54) is 45.7 Å². The van der Waals surface area contributed by atoms with Gasteiger partial charge in [-0.05, 0) is 32.6 Å². The maximum absolute atomic E-state index is 3.53. The Morgan fingerprint density at radius 3 is 2.60 bits per heavy atom. The minimum atomic E-state index is 0.742. The third kappa shape index (κ3) is 4.49. The monoisotopic (exact) mass is 213 g/mol. The smallest absolute Gasteiger partial charge is 0.0207 e. The molecule has 0 aromatic carbocycles. The minimum absolute atomic E-state index is 0.742. The van der Waals surface area contributed by atoms with Gasteiger partial charge in [-0.2, -0.15) is 0 Å². The lowest BCUT2D eigenvalue weighted by molar-refractivity contribution is 0.238. The maximum atomic E-state index is 3.53. The van der Waals surface area contributed by atoms with E-state index in [2.05, 4.69) is 35.9 Å². The van der Waals surface area contributed by atoms with Crippen molar-refractivity contribution >= 4 is 0 Å². The highest BCUT2D eigenvalue weighted by molar-refractivity contribution is 4.80. The second-order valence-electron chi connectivity index (χ2n) is 4.37. The summed E-state index contributed by atoms with van der Waals surface area (Å²) in [5.74, 6) is 0. The van der Waals surface area contributed by atoms with E-state index < -0.39 is 0 Å². The van der Waals surface area contributed by atoms with E-state index in [0.29, 0.717) is 0 Å². The first-order chi connectivity index (χ1) is 7.30. The summed E-state index contributed by atoms with van der Waals surface area (Å²) in [5.41, 5.74) is 0. The summed E-state index contributed by atoms with van der Waals surface area (Å²) in [6.07, 6.45) is 1.33. The lowest BCUT2D eigenvalue weighted by Gasteiger charge is -2.22. The van der Waals surface area contributed by atoms with Crippen molar-refractivity contribution in [2.45, 2.75) is 33.2 Å². The Labute approximate surface area is 94.8 Å². The molecule has 15 heavy (non-hydrogen) atoms. The fourth-order valence-corrected chi connectivity index (χ4v) is 2.31. The number of hydrogen-bond donors (Lipinski definition) is 1. The first-order valence-corrected chi connectivity index (χ1v) is 6.48. The van der Waals surface area contributed by atoms with Crippen molar-refractivity contribution in [3.8, 4) is 0 Å². The van der Waals surface area contributed by atoms with Gasteiger partial charge in [0.2, 0.25) is 0 Å². The number of nitrogens with one attached hydrogen (secondary N) is 1. The van der Waals surface area contributed by atoms with Gasteiger partial charge in [-0.1, -0.05) is 20.8 Å². The van der Waals surface area contributed by atoms with Gasteiger partial charge in [0, 0.05) is 25.7 Å². The Balaban J connectivity index is 2.13. The van der Waals surface area contributed by atoms with Crippen LogP contribution >= 0.6 is 0 Å². The highest BCUT2D eigenvalue weighted by atomic mass is 15.2. The number of hydrogen-bond acceptors (Lipinski definition) is 3. The van der Waals surface area contributed by atoms with Gasteiger partial charge >= 0.3 is 0 Å². The Morgan fingerprint density at radius 2 is 2.00 bits per heavy atom. The zero-order valence-corrected chi connectivity index (χ0v) is 10.6. The van der Waals surface area contributed by atoms with Gasteiger partial charge in [-0.15, -0.1) is 0 Å².